The summed E-state index contributed by atoms with van der Waals surface area (Å²) in [5.74, 6) is 0.616. The van der Waals surface area contributed by atoms with E-state index in [-0.39, 0.29) is 25.8 Å². The van der Waals surface area contributed by atoms with E-state index >= 15 is 0 Å². The van der Waals surface area contributed by atoms with Crippen molar-refractivity contribution in [3.05, 3.63) is 58.1 Å². The van der Waals surface area contributed by atoms with Crippen LogP contribution in [0, 0.1) is 0 Å². The lowest BCUT2D eigenvalue weighted by atomic mass is 10.2. The van der Waals surface area contributed by atoms with Crippen LogP contribution in [0.2, 0.25) is 10.0 Å². The number of urea groups is 2. The molecule has 1 heterocycles. The van der Waals surface area contributed by atoms with Crippen LogP contribution in [0.1, 0.15) is 31.2 Å². The van der Waals surface area contributed by atoms with Crippen molar-refractivity contribution < 1.29 is 19.4 Å². The van der Waals surface area contributed by atoms with Crippen molar-refractivity contribution in [2.45, 2.75) is 44.6 Å². The first-order valence-electron chi connectivity index (χ1n) is 10.9. The molecule has 10 heteroatoms. The lowest BCUT2D eigenvalue weighted by Crippen LogP contribution is -2.67. The molecule has 1 saturated heterocycles. The Bertz CT molecular complexity index is 998. The SMILES string of the molecule is O=C1NC(Nc2ccc(OC3CCCC3)c(Cl)c2)N(Cc2ccc(Cl)cc2)C(=O)N1CCO. The van der Waals surface area contributed by atoms with Gasteiger partial charge in [-0.2, -0.15) is 0 Å². The van der Waals surface area contributed by atoms with Crippen molar-refractivity contribution in [1.82, 2.24) is 15.1 Å². The zero-order valence-electron chi connectivity index (χ0n) is 18.0. The number of aliphatic hydroxyl groups excluding tert-OH is 1. The molecule has 2 fully saturated rings. The second-order valence-electron chi connectivity index (χ2n) is 8.08. The number of ether oxygens (including phenoxy) is 1. The van der Waals surface area contributed by atoms with Gasteiger partial charge in [0.25, 0.3) is 0 Å². The summed E-state index contributed by atoms with van der Waals surface area (Å²) in [5.41, 5.74) is 1.45. The molecule has 176 valence electrons. The molecule has 1 atom stereocenters. The predicted octanol–water partition coefficient (Wildman–Crippen LogP) is 4.65. The number of anilines is 1. The average molecular weight is 493 g/mol. The van der Waals surface area contributed by atoms with E-state index in [4.69, 9.17) is 27.9 Å². The van der Waals surface area contributed by atoms with E-state index in [1.165, 1.54) is 4.90 Å². The van der Waals surface area contributed by atoms with Gasteiger partial charge in [0.05, 0.1) is 30.8 Å². The Balaban J connectivity index is 1.52. The van der Waals surface area contributed by atoms with Crippen molar-refractivity contribution in [2.24, 2.45) is 0 Å². The number of aliphatic hydroxyl groups is 1. The summed E-state index contributed by atoms with van der Waals surface area (Å²) in [6.45, 7) is -0.218. The van der Waals surface area contributed by atoms with E-state index in [1.807, 2.05) is 12.1 Å². The first-order chi connectivity index (χ1) is 15.9. The summed E-state index contributed by atoms with van der Waals surface area (Å²) >= 11 is 12.4. The molecule has 0 aromatic heterocycles. The molecule has 1 unspecified atom stereocenters. The molecular weight excluding hydrogens is 467 g/mol. The number of halogens is 2. The third-order valence-electron chi connectivity index (χ3n) is 5.71. The van der Waals surface area contributed by atoms with Crippen molar-refractivity contribution in [1.29, 1.82) is 0 Å². The van der Waals surface area contributed by atoms with Crippen LogP contribution in [0.15, 0.2) is 42.5 Å². The van der Waals surface area contributed by atoms with Crippen LogP contribution in [0.4, 0.5) is 15.3 Å². The zero-order chi connectivity index (χ0) is 23.4. The first kappa shape index (κ1) is 23.5. The van der Waals surface area contributed by atoms with Gasteiger partial charge in [-0.1, -0.05) is 35.3 Å². The minimum Gasteiger partial charge on any atom is -0.489 e. The number of nitrogens with one attached hydrogen (secondary N) is 2. The normalized spacial score (nSPS) is 19.1. The minimum atomic E-state index is -0.826. The van der Waals surface area contributed by atoms with Gasteiger partial charge in [-0.25, -0.2) is 14.5 Å². The fourth-order valence-electron chi connectivity index (χ4n) is 4.01. The molecule has 3 N–H and O–H groups in total. The summed E-state index contributed by atoms with van der Waals surface area (Å²) in [6.07, 6.45) is 3.73. The summed E-state index contributed by atoms with van der Waals surface area (Å²) in [7, 11) is 0. The second-order valence-corrected chi connectivity index (χ2v) is 8.92. The Morgan fingerprint density at radius 1 is 1.09 bits per heavy atom. The molecule has 2 aromatic carbocycles. The Morgan fingerprint density at radius 3 is 2.48 bits per heavy atom. The Morgan fingerprint density at radius 2 is 1.82 bits per heavy atom. The monoisotopic (exact) mass is 492 g/mol. The molecule has 1 aliphatic carbocycles. The minimum absolute atomic E-state index is 0.104. The van der Waals surface area contributed by atoms with E-state index in [0.29, 0.717) is 21.5 Å². The Kier molecular flexibility index (Phi) is 7.47. The number of carbonyl (C=O) groups excluding carboxylic acids is 2. The molecular formula is C23H26Cl2N4O4. The highest BCUT2D eigenvalue weighted by atomic mass is 35.5. The Hall–Kier alpha value is -2.68. The van der Waals surface area contributed by atoms with Crippen LogP contribution in [0.3, 0.4) is 0 Å². The van der Waals surface area contributed by atoms with Crippen LogP contribution in [0.25, 0.3) is 0 Å². The summed E-state index contributed by atoms with van der Waals surface area (Å²) in [5, 5.41) is 16.2. The predicted molar refractivity (Wildman–Crippen MR) is 126 cm³/mol. The topological polar surface area (TPSA) is 94.1 Å². The molecule has 1 aliphatic heterocycles. The van der Waals surface area contributed by atoms with Gasteiger partial charge in [-0.15, -0.1) is 0 Å². The third kappa shape index (κ3) is 5.63. The Labute approximate surface area is 202 Å². The number of benzene rings is 2. The van der Waals surface area contributed by atoms with Crippen molar-refractivity contribution in [2.75, 3.05) is 18.5 Å². The van der Waals surface area contributed by atoms with Crippen molar-refractivity contribution in [3.8, 4) is 5.75 Å². The standard InChI is InChI=1S/C23H26Cl2N4O4/c24-16-7-5-15(6-8-16)14-29-21(27-22(31)28(11-12-30)23(29)32)26-17-9-10-20(19(25)13-17)33-18-3-1-2-4-18/h5-10,13,18,21,26,30H,1-4,11-12,14H2,(H,27,31). The van der Waals surface area contributed by atoms with Gasteiger partial charge in [-0.05, 0) is 61.6 Å². The van der Waals surface area contributed by atoms with Gasteiger partial charge in [-0.3, -0.25) is 10.2 Å². The molecule has 1 saturated carbocycles. The van der Waals surface area contributed by atoms with E-state index in [0.717, 1.165) is 36.1 Å². The van der Waals surface area contributed by atoms with Gasteiger partial charge in [0, 0.05) is 10.7 Å². The van der Waals surface area contributed by atoms with E-state index < -0.39 is 18.4 Å². The van der Waals surface area contributed by atoms with Crippen molar-refractivity contribution >= 4 is 41.0 Å². The molecule has 2 aliphatic rings. The highest BCUT2D eigenvalue weighted by Crippen LogP contribution is 2.32. The lowest BCUT2D eigenvalue weighted by Gasteiger charge is -2.41. The van der Waals surface area contributed by atoms with Gasteiger partial charge in [0.1, 0.15) is 5.75 Å². The average Bonchev–Trinajstić information content (AvgIpc) is 3.30. The smallest absolute Gasteiger partial charge is 0.331 e. The van der Waals surface area contributed by atoms with Crippen LogP contribution in [-0.4, -0.2) is 52.5 Å². The third-order valence-corrected chi connectivity index (χ3v) is 6.26. The zero-order valence-corrected chi connectivity index (χ0v) is 19.5. The molecule has 4 amide bonds. The number of amides is 4. The molecule has 2 aromatic rings. The van der Waals surface area contributed by atoms with Crippen molar-refractivity contribution in [3.63, 3.8) is 0 Å². The number of nitrogens with zero attached hydrogens (tertiary/aromatic N) is 2. The highest BCUT2D eigenvalue weighted by molar-refractivity contribution is 6.32. The maximum atomic E-state index is 13.1. The highest BCUT2D eigenvalue weighted by Gasteiger charge is 2.38. The maximum absolute atomic E-state index is 13.1. The summed E-state index contributed by atoms with van der Waals surface area (Å²) in [4.78, 5) is 28.0. The number of hydrogen-bond donors (Lipinski definition) is 3. The van der Waals surface area contributed by atoms with E-state index in [2.05, 4.69) is 10.6 Å². The van der Waals surface area contributed by atoms with Crippen LogP contribution in [-0.2, 0) is 6.54 Å². The fraction of sp³-hybridized carbons (Fsp3) is 0.391. The van der Waals surface area contributed by atoms with Gasteiger partial charge in [0.2, 0.25) is 0 Å². The maximum Gasteiger partial charge on any atom is 0.331 e. The van der Waals surface area contributed by atoms with Gasteiger partial charge in [0.15, 0.2) is 6.29 Å². The lowest BCUT2D eigenvalue weighted by molar-refractivity contribution is 0.0992. The number of carbonyl (C=O) groups is 2. The molecule has 33 heavy (non-hydrogen) atoms. The van der Waals surface area contributed by atoms with Crippen LogP contribution >= 0.6 is 23.2 Å². The largest absolute Gasteiger partial charge is 0.489 e. The van der Waals surface area contributed by atoms with Gasteiger partial charge >= 0.3 is 12.1 Å². The quantitative estimate of drug-likeness (QED) is 0.498. The van der Waals surface area contributed by atoms with E-state index in [1.54, 1.807) is 30.3 Å². The molecule has 4 rings (SSSR count). The fourth-order valence-corrected chi connectivity index (χ4v) is 4.36. The van der Waals surface area contributed by atoms with Crippen LogP contribution < -0.4 is 15.4 Å². The molecule has 8 nitrogen and oxygen atoms in total. The molecule has 0 bridgehead atoms. The molecule has 0 spiro atoms. The summed E-state index contributed by atoms with van der Waals surface area (Å²) in [6, 6.07) is 11.3. The summed E-state index contributed by atoms with van der Waals surface area (Å²) < 4.78 is 6.00. The molecule has 0 radical (unpaired) electrons. The second kappa shape index (κ2) is 10.5. The van der Waals surface area contributed by atoms with Crippen LogP contribution in [0.5, 0.6) is 5.75 Å². The number of hydrogen-bond acceptors (Lipinski definition) is 5. The number of rotatable bonds is 8. The van der Waals surface area contributed by atoms with Gasteiger partial charge < -0.3 is 15.2 Å². The number of β-amino-alcohol motifs (C(OH)–C–C–N with tert-alkyl or cyclic N) is 1. The van der Waals surface area contributed by atoms with E-state index in [9.17, 15) is 14.7 Å². The number of imide groups is 1. The first-order valence-corrected chi connectivity index (χ1v) is 11.7.